The number of ether oxygens (including phenoxy) is 1. The summed E-state index contributed by atoms with van der Waals surface area (Å²) in [6.07, 6.45) is 51.4. The molecule has 1 N–H and O–H groups in total. The third-order valence-electron chi connectivity index (χ3n) is 10.8. The summed E-state index contributed by atoms with van der Waals surface area (Å²) in [5, 5.41) is 8.98. The lowest BCUT2D eigenvalue weighted by Gasteiger charge is -2.18. The molecule has 0 saturated carbocycles. The fourth-order valence-electron chi connectivity index (χ4n) is 7.42. The van der Waals surface area contributed by atoms with Crippen molar-refractivity contribution in [2.24, 2.45) is 0 Å². The molecule has 0 aliphatic heterocycles. The van der Waals surface area contributed by atoms with E-state index in [-0.39, 0.29) is 18.5 Å². The summed E-state index contributed by atoms with van der Waals surface area (Å²) >= 11 is 0. The van der Waals surface area contributed by atoms with Crippen LogP contribution < -0.4 is 0 Å². The van der Waals surface area contributed by atoms with Gasteiger partial charge in [-0.1, -0.05) is 226 Å². The molecule has 0 radical (unpaired) electrons. The van der Waals surface area contributed by atoms with Crippen LogP contribution in [0, 0.1) is 0 Å². The van der Waals surface area contributed by atoms with Gasteiger partial charge in [-0.25, -0.2) is 0 Å². The number of hydrogen-bond donors (Lipinski definition) is 1. The van der Waals surface area contributed by atoms with Crippen molar-refractivity contribution < 1.29 is 19.4 Å². The van der Waals surface area contributed by atoms with Gasteiger partial charge in [-0.05, 0) is 38.5 Å². The minimum atomic E-state index is -0.735. The Balaban J connectivity index is 3.76. The fraction of sp³-hybridized carbons (Fsp3) is 0.957. The van der Waals surface area contributed by atoms with Crippen LogP contribution in [0.2, 0.25) is 0 Å². The first-order valence-corrected chi connectivity index (χ1v) is 23.0. The van der Waals surface area contributed by atoms with Crippen LogP contribution in [-0.2, 0) is 14.3 Å². The molecular formula is C46H90O4. The second-order valence-electron chi connectivity index (χ2n) is 16.0. The van der Waals surface area contributed by atoms with E-state index in [0.29, 0.717) is 12.8 Å². The number of carboxylic acid groups (broad SMARTS) is 1. The maximum absolute atomic E-state index is 12.6. The Morgan fingerprint density at radius 1 is 0.360 bits per heavy atom. The lowest BCUT2D eigenvalue weighted by Crippen LogP contribution is -2.18. The molecule has 0 spiro atoms. The highest BCUT2D eigenvalue weighted by atomic mass is 16.5. The second-order valence-corrected chi connectivity index (χ2v) is 16.0. The van der Waals surface area contributed by atoms with Gasteiger partial charge in [0.2, 0.25) is 0 Å². The summed E-state index contributed by atoms with van der Waals surface area (Å²) in [6.45, 7) is 4.58. The number of carbonyl (C=O) groups is 2. The van der Waals surface area contributed by atoms with Crippen molar-refractivity contribution in [3.05, 3.63) is 0 Å². The Morgan fingerprint density at radius 3 is 0.900 bits per heavy atom. The van der Waals surface area contributed by atoms with E-state index in [1.807, 2.05) is 0 Å². The van der Waals surface area contributed by atoms with Crippen LogP contribution in [0.1, 0.15) is 277 Å². The molecule has 0 aromatic heterocycles. The highest BCUT2D eigenvalue weighted by Crippen LogP contribution is 2.19. The van der Waals surface area contributed by atoms with Gasteiger partial charge in [0.05, 0.1) is 0 Å². The van der Waals surface area contributed by atoms with Crippen LogP contribution in [0.25, 0.3) is 0 Å². The normalized spacial score (nSPS) is 12.0. The van der Waals surface area contributed by atoms with Gasteiger partial charge in [0.25, 0.3) is 0 Å². The van der Waals surface area contributed by atoms with Crippen molar-refractivity contribution in [2.45, 2.75) is 283 Å². The van der Waals surface area contributed by atoms with Crippen molar-refractivity contribution in [1.29, 1.82) is 0 Å². The summed E-state index contributed by atoms with van der Waals surface area (Å²) < 4.78 is 5.93. The van der Waals surface area contributed by atoms with E-state index in [4.69, 9.17) is 9.84 Å². The summed E-state index contributed by atoms with van der Waals surface area (Å²) in [5.74, 6) is -0.780. The van der Waals surface area contributed by atoms with Gasteiger partial charge < -0.3 is 9.84 Å². The first-order valence-electron chi connectivity index (χ1n) is 23.0. The Kier molecular flexibility index (Phi) is 41.5. The Morgan fingerprint density at radius 2 is 0.600 bits per heavy atom. The van der Waals surface area contributed by atoms with Crippen molar-refractivity contribution >= 4 is 11.9 Å². The van der Waals surface area contributed by atoms with Crippen molar-refractivity contribution in [2.75, 3.05) is 0 Å². The van der Waals surface area contributed by atoms with Gasteiger partial charge in [-0.3, -0.25) is 9.59 Å². The molecule has 0 saturated heterocycles. The molecule has 0 bridgehead atoms. The predicted molar refractivity (Wildman–Crippen MR) is 218 cm³/mol. The van der Waals surface area contributed by atoms with Gasteiger partial charge in [0.1, 0.15) is 6.10 Å². The molecule has 50 heavy (non-hydrogen) atoms. The highest BCUT2D eigenvalue weighted by Gasteiger charge is 2.14. The van der Waals surface area contributed by atoms with Gasteiger partial charge in [-0.15, -0.1) is 0 Å². The third-order valence-corrected chi connectivity index (χ3v) is 10.8. The molecule has 0 heterocycles. The fourth-order valence-corrected chi connectivity index (χ4v) is 7.42. The number of rotatable bonds is 43. The maximum Gasteiger partial charge on any atom is 0.306 e. The topological polar surface area (TPSA) is 63.6 Å². The molecule has 298 valence electrons. The van der Waals surface area contributed by atoms with E-state index in [0.717, 1.165) is 38.5 Å². The van der Waals surface area contributed by atoms with Gasteiger partial charge in [0.15, 0.2) is 0 Å². The first kappa shape index (κ1) is 48.9. The standard InChI is InChI=1S/C46H90O4/c1-3-5-7-9-11-13-15-17-19-21-22-23-25-27-29-31-33-35-37-43-46(49)50-44(41-38-39-42-45(47)48)40-36-34-32-30-28-26-24-20-18-16-14-12-10-8-6-4-2/h44H,3-43H2,1-2H3,(H,47,48). The summed E-state index contributed by atoms with van der Waals surface area (Å²) in [5.41, 5.74) is 0. The lowest BCUT2D eigenvalue weighted by molar-refractivity contribution is -0.150. The van der Waals surface area contributed by atoms with Crippen LogP contribution >= 0.6 is 0 Å². The molecular weight excluding hydrogens is 617 g/mol. The van der Waals surface area contributed by atoms with E-state index in [9.17, 15) is 9.59 Å². The number of aliphatic carboxylic acids is 1. The summed E-state index contributed by atoms with van der Waals surface area (Å²) in [4.78, 5) is 23.6. The third kappa shape index (κ3) is 41.4. The minimum Gasteiger partial charge on any atom is -0.481 e. The molecule has 1 atom stereocenters. The number of carbonyl (C=O) groups excluding carboxylic acids is 1. The van der Waals surface area contributed by atoms with Crippen LogP contribution in [0.4, 0.5) is 0 Å². The largest absolute Gasteiger partial charge is 0.481 e. The number of unbranched alkanes of at least 4 members (excludes halogenated alkanes) is 34. The van der Waals surface area contributed by atoms with E-state index in [1.165, 1.54) is 205 Å². The average Bonchev–Trinajstić information content (AvgIpc) is 3.10. The zero-order valence-electron chi connectivity index (χ0n) is 34.2. The van der Waals surface area contributed by atoms with Gasteiger partial charge in [-0.2, -0.15) is 0 Å². The Bertz CT molecular complexity index is 677. The van der Waals surface area contributed by atoms with Gasteiger partial charge >= 0.3 is 11.9 Å². The van der Waals surface area contributed by atoms with E-state index < -0.39 is 5.97 Å². The van der Waals surface area contributed by atoms with Crippen LogP contribution in [0.3, 0.4) is 0 Å². The first-order chi connectivity index (χ1) is 24.6. The molecule has 1 unspecified atom stereocenters. The predicted octanol–water partition coefficient (Wildman–Crippen LogP) is 16.0. The zero-order chi connectivity index (χ0) is 36.4. The monoisotopic (exact) mass is 707 g/mol. The zero-order valence-corrected chi connectivity index (χ0v) is 34.2. The second kappa shape index (κ2) is 42.4. The van der Waals surface area contributed by atoms with E-state index >= 15 is 0 Å². The number of hydrogen-bond acceptors (Lipinski definition) is 3. The van der Waals surface area contributed by atoms with Crippen molar-refractivity contribution in [3.8, 4) is 0 Å². The van der Waals surface area contributed by atoms with Gasteiger partial charge in [0, 0.05) is 12.8 Å². The molecule has 4 heteroatoms. The molecule has 0 amide bonds. The van der Waals surface area contributed by atoms with Crippen molar-refractivity contribution in [3.63, 3.8) is 0 Å². The molecule has 4 nitrogen and oxygen atoms in total. The number of carboxylic acids is 1. The minimum absolute atomic E-state index is 0.0386. The molecule has 0 fully saturated rings. The average molecular weight is 707 g/mol. The highest BCUT2D eigenvalue weighted by molar-refractivity contribution is 5.69. The molecule has 0 aromatic rings. The Hall–Kier alpha value is -1.06. The molecule has 0 aliphatic rings. The van der Waals surface area contributed by atoms with E-state index in [2.05, 4.69) is 13.8 Å². The van der Waals surface area contributed by atoms with Crippen molar-refractivity contribution in [1.82, 2.24) is 0 Å². The SMILES string of the molecule is CCCCCCCCCCCCCCCCCCCCCC(=O)OC(CCCCCCCCCCCCCCCCCC)CCCCC(=O)O. The quantitative estimate of drug-likeness (QED) is 0.0506. The summed E-state index contributed by atoms with van der Waals surface area (Å²) in [6, 6.07) is 0. The molecule has 0 aliphatic carbocycles. The molecule has 0 rings (SSSR count). The van der Waals surface area contributed by atoms with E-state index in [1.54, 1.807) is 0 Å². The van der Waals surface area contributed by atoms with Crippen LogP contribution in [0.5, 0.6) is 0 Å². The molecule has 0 aromatic carbocycles. The smallest absolute Gasteiger partial charge is 0.306 e. The summed E-state index contributed by atoms with van der Waals surface area (Å²) in [7, 11) is 0. The lowest BCUT2D eigenvalue weighted by atomic mass is 10.0. The number of esters is 1. The van der Waals surface area contributed by atoms with Crippen LogP contribution in [0.15, 0.2) is 0 Å². The van der Waals surface area contributed by atoms with Crippen LogP contribution in [-0.4, -0.2) is 23.1 Å². The maximum atomic E-state index is 12.6. The Labute approximate surface area is 313 Å².